The average Bonchev–Trinajstić information content (AvgIpc) is 3.74. The highest BCUT2D eigenvalue weighted by molar-refractivity contribution is 6.32. The first-order valence-electron chi connectivity index (χ1n) is 12.9. The minimum Gasteiger partial charge on any atom is -0.492 e. The molecule has 3 N–H and O–H groups in total. The van der Waals surface area contributed by atoms with E-state index in [0.29, 0.717) is 63.1 Å². The van der Waals surface area contributed by atoms with E-state index in [1.165, 1.54) is 19.2 Å². The average molecular weight is 540 g/mol. The third-order valence-corrected chi connectivity index (χ3v) is 7.25. The number of carbonyl (C=O) groups excluding carboxylic acids is 1. The molecule has 10 heteroatoms. The standard InChI is InChI=1S/C28H31ClFN5O3/c1-16(30)28(36)35-24-12-21-23(13-26(24)38-17(2)19-7-9-31-10-8-19)32-15-33-27(21)34-20-5-6-25(22(29)11-20)37-14-18-3-4-18/h5-6,11-13,15,17-19,31H,1,3-4,7-10,14H2,2H3,(H,35,36)(H,32,33,34). The lowest BCUT2D eigenvalue weighted by Crippen LogP contribution is -2.35. The van der Waals surface area contributed by atoms with Crippen molar-refractivity contribution in [1.82, 2.24) is 15.3 Å². The molecule has 1 aromatic heterocycles. The van der Waals surface area contributed by atoms with Crippen LogP contribution < -0.4 is 25.4 Å². The van der Waals surface area contributed by atoms with E-state index in [0.717, 1.165) is 25.9 Å². The molecule has 2 fully saturated rings. The maximum absolute atomic E-state index is 13.6. The molecule has 2 heterocycles. The molecule has 1 atom stereocenters. The molecule has 1 unspecified atom stereocenters. The fourth-order valence-electron chi connectivity index (χ4n) is 4.50. The number of aromatic nitrogens is 2. The first kappa shape index (κ1) is 26.2. The van der Waals surface area contributed by atoms with Gasteiger partial charge in [0.05, 0.1) is 28.9 Å². The predicted octanol–water partition coefficient (Wildman–Crippen LogP) is 6.00. The zero-order chi connectivity index (χ0) is 26.6. The lowest BCUT2D eigenvalue weighted by Gasteiger charge is -2.29. The van der Waals surface area contributed by atoms with Gasteiger partial charge in [-0.05, 0) is 81.8 Å². The molecule has 200 valence electrons. The van der Waals surface area contributed by atoms with Gasteiger partial charge in [-0.25, -0.2) is 14.4 Å². The Bertz CT molecular complexity index is 1340. The summed E-state index contributed by atoms with van der Waals surface area (Å²) in [6.07, 6.45) is 5.71. The minimum atomic E-state index is -1.09. The molecule has 1 saturated heterocycles. The van der Waals surface area contributed by atoms with Gasteiger partial charge in [-0.3, -0.25) is 4.79 Å². The SMILES string of the molecule is C=C(F)C(=O)Nc1cc2c(Nc3ccc(OCC4CC4)c(Cl)c3)ncnc2cc1OC(C)C1CCNCC1. The third kappa shape index (κ3) is 6.34. The quantitative estimate of drug-likeness (QED) is 0.272. The Morgan fingerprint density at radius 3 is 2.68 bits per heavy atom. The highest BCUT2D eigenvalue weighted by Crippen LogP contribution is 2.37. The monoisotopic (exact) mass is 539 g/mol. The molecule has 2 aliphatic rings. The normalized spacial score (nSPS) is 16.6. The topological polar surface area (TPSA) is 97.4 Å². The summed E-state index contributed by atoms with van der Waals surface area (Å²) in [4.78, 5) is 21.0. The smallest absolute Gasteiger partial charge is 0.283 e. The number of carbonyl (C=O) groups is 1. The summed E-state index contributed by atoms with van der Waals surface area (Å²) in [6.45, 7) is 7.65. The van der Waals surface area contributed by atoms with Gasteiger partial charge in [-0.2, -0.15) is 0 Å². The molecule has 1 aliphatic heterocycles. The van der Waals surface area contributed by atoms with E-state index < -0.39 is 11.7 Å². The van der Waals surface area contributed by atoms with Crippen LogP contribution in [-0.4, -0.2) is 41.7 Å². The summed E-state index contributed by atoms with van der Waals surface area (Å²) in [5.74, 6) is 0.477. The van der Waals surface area contributed by atoms with Crippen molar-refractivity contribution >= 4 is 45.6 Å². The number of fused-ring (bicyclic) bond motifs is 1. The summed E-state index contributed by atoms with van der Waals surface area (Å²) >= 11 is 6.45. The molecule has 0 bridgehead atoms. The molecule has 0 spiro atoms. The fraction of sp³-hybridized carbons (Fsp3) is 0.393. The molecule has 1 saturated carbocycles. The van der Waals surface area contributed by atoms with E-state index in [-0.39, 0.29) is 6.10 Å². The van der Waals surface area contributed by atoms with Crippen LogP contribution in [-0.2, 0) is 4.79 Å². The van der Waals surface area contributed by atoms with Crippen LogP contribution in [0.2, 0.25) is 5.02 Å². The number of ether oxygens (including phenoxy) is 2. The van der Waals surface area contributed by atoms with E-state index in [1.807, 2.05) is 19.1 Å². The van der Waals surface area contributed by atoms with Crippen molar-refractivity contribution in [2.45, 2.75) is 38.7 Å². The van der Waals surface area contributed by atoms with Crippen LogP contribution >= 0.6 is 11.6 Å². The van der Waals surface area contributed by atoms with Crippen LogP contribution in [0.4, 0.5) is 21.6 Å². The Morgan fingerprint density at radius 1 is 1.18 bits per heavy atom. The van der Waals surface area contributed by atoms with Crippen molar-refractivity contribution in [2.75, 3.05) is 30.3 Å². The number of nitrogens with one attached hydrogen (secondary N) is 3. The highest BCUT2D eigenvalue weighted by Gasteiger charge is 2.24. The zero-order valence-corrected chi connectivity index (χ0v) is 22.0. The van der Waals surface area contributed by atoms with Gasteiger partial charge in [0.15, 0.2) is 5.83 Å². The third-order valence-electron chi connectivity index (χ3n) is 6.96. The van der Waals surface area contributed by atoms with Crippen molar-refractivity contribution in [2.24, 2.45) is 11.8 Å². The Kier molecular flexibility index (Phi) is 7.95. The second-order valence-electron chi connectivity index (χ2n) is 9.88. The first-order valence-corrected chi connectivity index (χ1v) is 13.3. The Balaban J connectivity index is 1.43. The number of piperidine rings is 1. The van der Waals surface area contributed by atoms with Crippen molar-refractivity contribution in [3.63, 3.8) is 0 Å². The second-order valence-corrected chi connectivity index (χ2v) is 10.3. The summed E-state index contributed by atoms with van der Waals surface area (Å²) in [7, 11) is 0. The van der Waals surface area contributed by atoms with Crippen LogP contribution in [0.5, 0.6) is 11.5 Å². The number of hydrogen-bond acceptors (Lipinski definition) is 7. The first-order chi connectivity index (χ1) is 18.4. The number of anilines is 3. The number of nitrogens with zero attached hydrogens (tertiary/aromatic N) is 2. The van der Waals surface area contributed by atoms with Gasteiger partial charge in [-0.15, -0.1) is 0 Å². The van der Waals surface area contributed by atoms with Crippen LogP contribution in [0.1, 0.15) is 32.6 Å². The largest absolute Gasteiger partial charge is 0.492 e. The number of amides is 1. The van der Waals surface area contributed by atoms with Gasteiger partial charge < -0.3 is 25.4 Å². The number of hydrogen-bond donors (Lipinski definition) is 3. The van der Waals surface area contributed by atoms with Crippen LogP contribution in [0.15, 0.2) is 49.1 Å². The molecular weight excluding hydrogens is 509 g/mol. The van der Waals surface area contributed by atoms with Gasteiger partial charge in [0.2, 0.25) is 0 Å². The van der Waals surface area contributed by atoms with Crippen LogP contribution in [0, 0.1) is 11.8 Å². The summed E-state index contributed by atoms with van der Waals surface area (Å²) < 4.78 is 25.7. The van der Waals surface area contributed by atoms with E-state index in [9.17, 15) is 9.18 Å². The molecule has 1 aliphatic carbocycles. The summed E-state index contributed by atoms with van der Waals surface area (Å²) in [5, 5.41) is 10.3. The molecule has 0 radical (unpaired) electrons. The molecule has 38 heavy (non-hydrogen) atoms. The van der Waals surface area contributed by atoms with Gasteiger partial charge >= 0.3 is 0 Å². The predicted molar refractivity (Wildman–Crippen MR) is 147 cm³/mol. The van der Waals surface area contributed by atoms with Gasteiger partial charge in [0.1, 0.15) is 23.6 Å². The lowest BCUT2D eigenvalue weighted by atomic mass is 9.93. The maximum Gasteiger partial charge on any atom is 0.283 e. The van der Waals surface area contributed by atoms with E-state index >= 15 is 0 Å². The van der Waals surface area contributed by atoms with E-state index in [2.05, 4.69) is 32.5 Å². The molecule has 5 rings (SSSR count). The Hall–Kier alpha value is -3.43. The van der Waals surface area contributed by atoms with E-state index in [4.69, 9.17) is 21.1 Å². The van der Waals surface area contributed by atoms with Crippen molar-refractivity contribution in [3.8, 4) is 11.5 Å². The molecular formula is C28H31ClFN5O3. The summed E-state index contributed by atoms with van der Waals surface area (Å²) in [6, 6.07) is 8.86. The summed E-state index contributed by atoms with van der Waals surface area (Å²) in [5.41, 5.74) is 1.61. The van der Waals surface area contributed by atoms with Crippen molar-refractivity contribution < 1.29 is 18.7 Å². The van der Waals surface area contributed by atoms with Crippen LogP contribution in [0.3, 0.4) is 0 Å². The molecule has 3 aromatic rings. The lowest BCUT2D eigenvalue weighted by molar-refractivity contribution is -0.114. The molecule has 1 amide bonds. The Labute approximate surface area is 226 Å². The van der Waals surface area contributed by atoms with Gasteiger partial charge in [0.25, 0.3) is 5.91 Å². The van der Waals surface area contributed by atoms with Crippen molar-refractivity contribution in [1.29, 1.82) is 0 Å². The fourth-order valence-corrected chi connectivity index (χ4v) is 4.74. The number of halogens is 2. The number of rotatable bonds is 10. The Morgan fingerprint density at radius 2 is 1.97 bits per heavy atom. The van der Waals surface area contributed by atoms with Gasteiger partial charge in [-0.1, -0.05) is 18.2 Å². The zero-order valence-electron chi connectivity index (χ0n) is 21.2. The maximum atomic E-state index is 13.6. The van der Waals surface area contributed by atoms with Crippen LogP contribution in [0.25, 0.3) is 10.9 Å². The second kappa shape index (κ2) is 11.5. The van der Waals surface area contributed by atoms with Crippen molar-refractivity contribution in [3.05, 3.63) is 54.1 Å². The molecule has 8 nitrogen and oxygen atoms in total. The van der Waals surface area contributed by atoms with Gasteiger partial charge in [0, 0.05) is 17.1 Å². The molecule has 2 aromatic carbocycles. The highest BCUT2D eigenvalue weighted by atomic mass is 35.5. The number of benzene rings is 2. The minimum absolute atomic E-state index is 0.110. The van der Waals surface area contributed by atoms with E-state index in [1.54, 1.807) is 18.2 Å².